The summed E-state index contributed by atoms with van der Waals surface area (Å²) in [6, 6.07) is 6.15. The Hall–Kier alpha value is -1.06. The van der Waals surface area contributed by atoms with Gasteiger partial charge in [0, 0.05) is 18.0 Å². The van der Waals surface area contributed by atoms with Crippen LogP contribution >= 0.6 is 0 Å². The molecule has 112 valence electrons. The van der Waals surface area contributed by atoms with Crippen molar-refractivity contribution in [3.8, 4) is 5.75 Å². The Kier molecular flexibility index (Phi) is 3.87. The van der Waals surface area contributed by atoms with Crippen molar-refractivity contribution in [2.24, 2.45) is 5.73 Å². The van der Waals surface area contributed by atoms with Crippen molar-refractivity contribution in [3.63, 3.8) is 0 Å². The molecule has 1 heterocycles. The zero-order valence-electron chi connectivity index (χ0n) is 13.5. The summed E-state index contributed by atoms with van der Waals surface area (Å²) in [5.74, 6) is 0.880. The molecule has 1 aromatic rings. The lowest BCUT2D eigenvalue weighted by molar-refractivity contribution is -0.0847. The molecular weight excluding hydrogens is 250 g/mol. The van der Waals surface area contributed by atoms with Crippen LogP contribution in [0.5, 0.6) is 5.75 Å². The molecule has 0 aliphatic carbocycles. The minimum atomic E-state index is -0.288. The summed E-state index contributed by atoms with van der Waals surface area (Å²) < 4.78 is 12.4. The second kappa shape index (κ2) is 5.05. The summed E-state index contributed by atoms with van der Waals surface area (Å²) in [4.78, 5) is 0. The van der Waals surface area contributed by atoms with Crippen LogP contribution in [0.15, 0.2) is 18.2 Å². The predicted octanol–water partition coefficient (Wildman–Crippen LogP) is 3.74. The van der Waals surface area contributed by atoms with Gasteiger partial charge in [-0.05, 0) is 47.6 Å². The molecule has 0 aromatic heterocycles. The van der Waals surface area contributed by atoms with E-state index in [1.54, 1.807) is 0 Å². The SMILES string of the molecule is Cc1ccc(OC2CC(C)(C)OC2(C)C)c(C(C)N)c1. The van der Waals surface area contributed by atoms with Crippen molar-refractivity contribution < 1.29 is 9.47 Å². The van der Waals surface area contributed by atoms with Gasteiger partial charge in [-0.2, -0.15) is 0 Å². The number of nitrogens with two attached hydrogens (primary N) is 1. The van der Waals surface area contributed by atoms with Gasteiger partial charge in [0.2, 0.25) is 0 Å². The number of ether oxygens (including phenoxy) is 2. The van der Waals surface area contributed by atoms with E-state index in [4.69, 9.17) is 15.2 Å². The maximum absolute atomic E-state index is 6.27. The molecule has 0 bridgehead atoms. The maximum Gasteiger partial charge on any atom is 0.130 e. The van der Waals surface area contributed by atoms with Gasteiger partial charge in [0.25, 0.3) is 0 Å². The minimum absolute atomic E-state index is 0.0386. The molecule has 0 saturated carbocycles. The highest BCUT2D eigenvalue weighted by molar-refractivity contribution is 5.39. The molecule has 0 radical (unpaired) electrons. The molecule has 3 heteroatoms. The van der Waals surface area contributed by atoms with E-state index >= 15 is 0 Å². The van der Waals surface area contributed by atoms with Crippen LogP contribution in [-0.4, -0.2) is 17.3 Å². The van der Waals surface area contributed by atoms with Gasteiger partial charge in [-0.1, -0.05) is 17.7 Å². The second-order valence-electron chi connectivity index (χ2n) is 7.11. The van der Waals surface area contributed by atoms with Gasteiger partial charge in [0.15, 0.2) is 0 Å². The molecule has 3 nitrogen and oxygen atoms in total. The Balaban J connectivity index is 2.27. The van der Waals surface area contributed by atoms with Gasteiger partial charge in [-0.25, -0.2) is 0 Å². The second-order valence-corrected chi connectivity index (χ2v) is 7.11. The van der Waals surface area contributed by atoms with E-state index in [0.717, 1.165) is 17.7 Å². The third kappa shape index (κ3) is 3.15. The molecule has 0 amide bonds. The lowest BCUT2D eigenvalue weighted by Gasteiger charge is -2.28. The average Bonchev–Trinajstić information content (AvgIpc) is 2.48. The minimum Gasteiger partial charge on any atom is -0.487 e. The van der Waals surface area contributed by atoms with Crippen molar-refractivity contribution in [3.05, 3.63) is 29.3 Å². The van der Waals surface area contributed by atoms with Crippen molar-refractivity contribution in [1.29, 1.82) is 0 Å². The fraction of sp³-hybridized carbons (Fsp3) is 0.647. The fourth-order valence-corrected chi connectivity index (χ4v) is 2.98. The zero-order valence-corrected chi connectivity index (χ0v) is 13.5. The Morgan fingerprint density at radius 1 is 1.30 bits per heavy atom. The molecule has 2 atom stereocenters. The lowest BCUT2D eigenvalue weighted by Crippen LogP contribution is -2.37. The smallest absolute Gasteiger partial charge is 0.130 e. The van der Waals surface area contributed by atoms with Crippen LogP contribution in [0.4, 0.5) is 0 Å². The summed E-state index contributed by atoms with van der Waals surface area (Å²) >= 11 is 0. The van der Waals surface area contributed by atoms with Crippen LogP contribution < -0.4 is 10.5 Å². The van der Waals surface area contributed by atoms with Crippen LogP contribution in [0.25, 0.3) is 0 Å². The van der Waals surface area contributed by atoms with Crippen LogP contribution in [0.3, 0.4) is 0 Å². The standard InChI is InChI=1S/C17H27NO2/c1-11-7-8-14(13(9-11)12(2)18)19-15-10-16(3,4)20-17(15,5)6/h7-9,12,15H,10,18H2,1-6H3. The monoisotopic (exact) mass is 277 g/mol. The molecule has 0 spiro atoms. The number of benzene rings is 1. The Morgan fingerprint density at radius 2 is 1.95 bits per heavy atom. The highest BCUT2D eigenvalue weighted by Crippen LogP contribution is 2.40. The summed E-state index contributed by atoms with van der Waals surface area (Å²) in [6.45, 7) is 12.5. The molecular formula is C17H27NO2. The first-order chi connectivity index (χ1) is 9.11. The molecule has 1 aliphatic heterocycles. The van der Waals surface area contributed by atoms with E-state index in [1.807, 2.05) is 13.0 Å². The largest absolute Gasteiger partial charge is 0.487 e. The summed E-state index contributed by atoms with van der Waals surface area (Å²) in [7, 11) is 0. The lowest BCUT2D eigenvalue weighted by atomic mass is 9.96. The van der Waals surface area contributed by atoms with Gasteiger partial charge in [0.05, 0.1) is 5.60 Å². The average molecular weight is 277 g/mol. The van der Waals surface area contributed by atoms with E-state index in [9.17, 15) is 0 Å². The number of aryl methyl sites for hydroxylation is 1. The van der Waals surface area contributed by atoms with Crippen LogP contribution in [-0.2, 0) is 4.74 Å². The first kappa shape index (κ1) is 15.3. The van der Waals surface area contributed by atoms with Gasteiger partial charge >= 0.3 is 0 Å². The van der Waals surface area contributed by atoms with Crippen molar-refractivity contribution in [2.75, 3.05) is 0 Å². The van der Waals surface area contributed by atoms with Crippen LogP contribution in [0, 0.1) is 6.92 Å². The van der Waals surface area contributed by atoms with Crippen LogP contribution in [0.2, 0.25) is 0 Å². The van der Waals surface area contributed by atoms with Gasteiger partial charge < -0.3 is 15.2 Å². The summed E-state index contributed by atoms with van der Waals surface area (Å²) in [5, 5.41) is 0. The van der Waals surface area contributed by atoms with E-state index < -0.39 is 0 Å². The third-order valence-corrected chi connectivity index (χ3v) is 3.92. The molecule has 20 heavy (non-hydrogen) atoms. The summed E-state index contributed by atoms with van der Waals surface area (Å²) in [6.07, 6.45) is 0.921. The number of hydrogen-bond donors (Lipinski definition) is 1. The number of hydrogen-bond acceptors (Lipinski definition) is 3. The highest BCUT2D eigenvalue weighted by atomic mass is 16.6. The Bertz CT molecular complexity index is 492. The highest BCUT2D eigenvalue weighted by Gasteiger charge is 2.47. The van der Waals surface area contributed by atoms with Gasteiger partial charge in [0.1, 0.15) is 17.5 Å². The first-order valence-electron chi connectivity index (χ1n) is 7.34. The van der Waals surface area contributed by atoms with Gasteiger partial charge in [-0.15, -0.1) is 0 Å². The van der Waals surface area contributed by atoms with Gasteiger partial charge in [-0.3, -0.25) is 0 Å². The van der Waals surface area contributed by atoms with Crippen molar-refractivity contribution >= 4 is 0 Å². The van der Waals surface area contributed by atoms with Crippen molar-refractivity contribution in [1.82, 2.24) is 0 Å². The summed E-state index contributed by atoms with van der Waals surface area (Å²) in [5.41, 5.74) is 7.90. The molecule has 2 N–H and O–H groups in total. The van der Waals surface area contributed by atoms with Crippen molar-refractivity contribution in [2.45, 2.75) is 71.3 Å². The van der Waals surface area contributed by atoms with E-state index in [-0.39, 0.29) is 23.3 Å². The quantitative estimate of drug-likeness (QED) is 0.915. The normalized spacial score (nSPS) is 25.4. The first-order valence-corrected chi connectivity index (χ1v) is 7.34. The molecule has 1 aromatic carbocycles. The van der Waals surface area contributed by atoms with E-state index in [1.165, 1.54) is 5.56 Å². The Labute approximate surface area is 122 Å². The molecule has 2 rings (SSSR count). The Morgan fingerprint density at radius 3 is 2.45 bits per heavy atom. The molecule has 1 fully saturated rings. The molecule has 1 aliphatic rings. The topological polar surface area (TPSA) is 44.5 Å². The zero-order chi connectivity index (χ0) is 15.1. The van der Waals surface area contributed by atoms with Crippen LogP contribution in [0.1, 0.15) is 58.2 Å². The number of rotatable bonds is 3. The molecule has 2 unspecified atom stereocenters. The predicted molar refractivity (Wildman–Crippen MR) is 82.1 cm³/mol. The molecule has 1 saturated heterocycles. The van der Waals surface area contributed by atoms with E-state index in [0.29, 0.717) is 0 Å². The fourth-order valence-electron chi connectivity index (χ4n) is 2.98. The maximum atomic E-state index is 6.27. The van der Waals surface area contributed by atoms with E-state index in [2.05, 4.69) is 46.8 Å². The third-order valence-electron chi connectivity index (χ3n) is 3.92.